The first kappa shape index (κ1) is 14.7. The van der Waals surface area contributed by atoms with Crippen LogP contribution in [0.25, 0.3) is 16.9 Å². The van der Waals surface area contributed by atoms with Crippen molar-refractivity contribution in [1.29, 1.82) is 0 Å². The van der Waals surface area contributed by atoms with E-state index >= 15 is 0 Å². The quantitative estimate of drug-likeness (QED) is 0.630. The Labute approximate surface area is 126 Å². The molecule has 0 bridgehead atoms. The standard InChI is InChI=1S/C14H8F3N3O3/c15-9-4-10(16)14(23)13(12(9)17)20-5-11(18-19-20)6-1-7(21)3-8(22)2-6/h1-5,21-23H. The number of benzene rings is 2. The van der Waals surface area contributed by atoms with Crippen LogP contribution in [0.1, 0.15) is 0 Å². The predicted octanol–water partition coefficient (Wildman–Crippen LogP) is 2.47. The van der Waals surface area contributed by atoms with E-state index in [2.05, 4.69) is 10.3 Å². The Morgan fingerprint density at radius 2 is 1.52 bits per heavy atom. The van der Waals surface area contributed by atoms with Crippen molar-refractivity contribution in [2.24, 2.45) is 0 Å². The third kappa shape index (κ3) is 2.52. The molecule has 1 heterocycles. The van der Waals surface area contributed by atoms with E-state index in [9.17, 15) is 28.5 Å². The lowest BCUT2D eigenvalue weighted by molar-refractivity contribution is 0.406. The average molecular weight is 323 g/mol. The second kappa shape index (κ2) is 5.20. The van der Waals surface area contributed by atoms with Crippen molar-refractivity contribution < 1.29 is 28.5 Å². The van der Waals surface area contributed by atoms with Gasteiger partial charge in [-0.05, 0) is 12.1 Å². The largest absolute Gasteiger partial charge is 0.508 e. The van der Waals surface area contributed by atoms with Gasteiger partial charge in [0.05, 0.1) is 6.20 Å². The van der Waals surface area contributed by atoms with Crippen LogP contribution in [-0.2, 0) is 0 Å². The van der Waals surface area contributed by atoms with Gasteiger partial charge in [0.2, 0.25) is 0 Å². The van der Waals surface area contributed by atoms with Crippen molar-refractivity contribution in [1.82, 2.24) is 15.0 Å². The van der Waals surface area contributed by atoms with Gasteiger partial charge in [-0.2, -0.15) is 0 Å². The zero-order valence-electron chi connectivity index (χ0n) is 11.2. The van der Waals surface area contributed by atoms with E-state index in [1.807, 2.05) is 0 Å². The van der Waals surface area contributed by atoms with E-state index in [4.69, 9.17) is 0 Å². The minimum Gasteiger partial charge on any atom is -0.508 e. The number of hydrogen-bond donors (Lipinski definition) is 3. The molecule has 0 amide bonds. The average Bonchev–Trinajstić information content (AvgIpc) is 2.94. The Kier molecular flexibility index (Phi) is 3.32. The first-order valence-electron chi connectivity index (χ1n) is 6.19. The summed E-state index contributed by atoms with van der Waals surface area (Å²) in [4.78, 5) is 0. The molecule has 0 atom stereocenters. The monoisotopic (exact) mass is 323 g/mol. The van der Waals surface area contributed by atoms with Crippen molar-refractivity contribution in [3.8, 4) is 34.2 Å². The van der Waals surface area contributed by atoms with Crippen molar-refractivity contribution in [3.05, 3.63) is 47.9 Å². The molecule has 3 rings (SSSR count). The second-order valence-electron chi connectivity index (χ2n) is 4.64. The SMILES string of the molecule is Oc1cc(O)cc(-c2cn(-c3c(O)c(F)cc(F)c3F)nn2)c1. The minimum atomic E-state index is -1.50. The van der Waals surface area contributed by atoms with Gasteiger partial charge in [0.15, 0.2) is 23.2 Å². The fourth-order valence-corrected chi connectivity index (χ4v) is 2.03. The summed E-state index contributed by atoms with van der Waals surface area (Å²) in [7, 11) is 0. The van der Waals surface area contributed by atoms with E-state index in [-0.39, 0.29) is 28.8 Å². The maximum atomic E-state index is 13.8. The number of nitrogens with zero attached hydrogens (tertiary/aromatic N) is 3. The molecule has 9 heteroatoms. The van der Waals surface area contributed by atoms with Gasteiger partial charge in [0.25, 0.3) is 0 Å². The summed E-state index contributed by atoms with van der Waals surface area (Å²) in [6.45, 7) is 0. The lowest BCUT2D eigenvalue weighted by Gasteiger charge is -2.06. The third-order valence-electron chi connectivity index (χ3n) is 3.04. The molecule has 0 aliphatic rings. The van der Waals surface area contributed by atoms with Gasteiger partial charge in [-0.3, -0.25) is 0 Å². The number of phenolic OH excluding ortho intramolecular Hbond substituents is 3. The highest BCUT2D eigenvalue weighted by atomic mass is 19.2. The van der Waals surface area contributed by atoms with Gasteiger partial charge in [0, 0.05) is 17.7 Å². The molecule has 23 heavy (non-hydrogen) atoms. The van der Waals surface area contributed by atoms with Gasteiger partial charge in [-0.1, -0.05) is 5.21 Å². The zero-order chi connectivity index (χ0) is 16.7. The van der Waals surface area contributed by atoms with Crippen molar-refractivity contribution in [2.75, 3.05) is 0 Å². The number of aromatic nitrogens is 3. The van der Waals surface area contributed by atoms with Crippen LogP contribution in [0.4, 0.5) is 13.2 Å². The lowest BCUT2D eigenvalue weighted by atomic mass is 10.1. The summed E-state index contributed by atoms with van der Waals surface area (Å²) in [5, 5.41) is 35.6. The summed E-state index contributed by atoms with van der Waals surface area (Å²) < 4.78 is 41.1. The van der Waals surface area contributed by atoms with Crippen molar-refractivity contribution in [3.63, 3.8) is 0 Å². The van der Waals surface area contributed by atoms with Crippen LogP contribution < -0.4 is 0 Å². The fraction of sp³-hybridized carbons (Fsp3) is 0. The van der Waals surface area contributed by atoms with Gasteiger partial charge < -0.3 is 15.3 Å². The van der Waals surface area contributed by atoms with Crippen molar-refractivity contribution >= 4 is 0 Å². The van der Waals surface area contributed by atoms with Crippen LogP contribution in [0.3, 0.4) is 0 Å². The van der Waals surface area contributed by atoms with Gasteiger partial charge >= 0.3 is 0 Å². The zero-order valence-corrected chi connectivity index (χ0v) is 11.2. The number of hydrogen-bond acceptors (Lipinski definition) is 5. The number of rotatable bonds is 2. The smallest absolute Gasteiger partial charge is 0.188 e. The highest BCUT2D eigenvalue weighted by molar-refractivity contribution is 5.63. The van der Waals surface area contributed by atoms with E-state index in [1.165, 1.54) is 12.1 Å². The molecule has 0 saturated carbocycles. The molecule has 118 valence electrons. The molecule has 0 unspecified atom stereocenters. The van der Waals surface area contributed by atoms with Crippen molar-refractivity contribution in [2.45, 2.75) is 0 Å². The highest BCUT2D eigenvalue weighted by Gasteiger charge is 2.21. The fourth-order valence-electron chi connectivity index (χ4n) is 2.03. The van der Waals surface area contributed by atoms with E-state index in [0.29, 0.717) is 4.68 Å². The van der Waals surface area contributed by atoms with Gasteiger partial charge in [0.1, 0.15) is 22.9 Å². The van der Waals surface area contributed by atoms with E-state index in [1.54, 1.807) is 0 Å². The summed E-state index contributed by atoms with van der Waals surface area (Å²) in [5.74, 6) is -5.98. The maximum absolute atomic E-state index is 13.8. The molecule has 6 nitrogen and oxygen atoms in total. The number of halogens is 3. The molecule has 1 aromatic heterocycles. The lowest BCUT2D eigenvalue weighted by Crippen LogP contribution is -2.03. The number of aromatic hydroxyl groups is 3. The molecule has 3 aromatic rings. The predicted molar refractivity (Wildman–Crippen MR) is 71.7 cm³/mol. The molecule has 2 aromatic carbocycles. The Hall–Kier alpha value is -3.23. The molecule has 0 aliphatic carbocycles. The topological polar surface area (TPSA) is 91.4 Å². The number of phenols is 3. The normalized spacial score (nSPS) is 10.9. The Balaban J connectivity index is 2.13. The summed E-state index contributed by atoms with van der Waals surface area (Å²) in [5.41, 5.74) is -0.546. The molecular formula is C14H8F3N3O3. The molecule has 0 fully saturated rings. The molecule has 0 radical (unpaired) electrons. The molecule has 0 saturated heterocycles. The van der Waals surface area contributed by atoms with Crippen LogP contribution in [-0.4, -0.2) is 30.3 Å². The minimum absolute atomic E-state index is 0.0691. The third-order valence-corrected chi connectivity index (χ3v) is 3.04. The molecule has 3 N–H and O–H groups in total. The van der Waals surface area contributed by atoms with E-state index < -0.39 is 28.9 Å². The van der Waals surface area contributed by atoms with Crippen LogP contribution in [0.15, 0.2) is 30.5 Å². The van der Waals surface area contributed by atoms with Crippen LogP contribution in [0.5, 0.6) is 17.2 Å². The highest BCUT2D eigenvalue weighted by Crippen LogP contribution is 2.31. The Morgan fingerprint density at radius 3 is 2.17 bits per heavy atom. The molecular weight excluding hydrogens is 315 g/mol. The first-order valence-corrected chi connectivity index (χ1v) is 6.19. The van der Waals surface area contributed by atoms with Crippen LogP contribution in [0.2, 0.25) is 0 Å². The van der Waals surface area contributed by atoms with Gasteiger partial charge in [-0.25, -0.2) is 17.9 Å². The van der Waals surface area contributed by atoms with Gasteiger partial charge in [-0.15, -0.1) is 5.10 Å². The maximum Gasteiger partial charge on any atom is 0.188 e. The second-order valence-corrected chi connectivity index (χ2v) is 4.64. The Morgan fingerprint density at radius 1 is 0.870 bits per heavy atom. The van der Waals surface area contributed by atoms with Crippen LogP contribution in [0, 0.1) is 17.5 Å². The Bertz CT molecular complexity index is 865. The first-order chi connectivity index (χ1) is 10.9. The summed E-state index contributed by atoms with van der Waals surface area (Å²) in [6.07, 6.45) is 1.07. The molecule has 0 aliphatic heterocycles. The summed E-state index contributed by atoms with van der Waals surface area (Å²) in [6, 6.07) is 3.79. The molecule has 0 spiro atoms. The van der Waals surface area contributed by atoms with E-state index in [0.717, 1.165) is 12.3 Å². The van der Waals surface area contributed by atoms with Crippen LogP contribution >= 0.6 is 0 Å². The summed E-state index contributed by atoms with van der Waals surface area (Å²) >= 11 is 0.